The molecule has 0 unspecified atom stereocenters. The summed E-state index contributed by atoms with van der Waals surface area (Å²) in [5.41, 5.74) is 2.50. The predicted octanol–water partition coefficient (Wildman–Crippen LogP) is 2.15. The molecule has 0 saturated carbocycles. The zero-order valence-electron chi connectivity index (χ0n) is 11.3. The molecule has 0 bridgehead atoms. The summed E-state index contributed by atoms with van der Waals surface area (Å²) in [6.45, 7) is 4.52. The van der Waals surface area contributed by atoms with Crippen molar-refractivity contribution in [2.45, 2.75) is 32.5 Å². The van der Waals surface area contributed by atoms with Crippen LogP contribution in [0.15, 0.2) is 29.3 Å². The van der Waals surface area contributed by atoms with Crippen molar-refractivity contribution in [3.05, 3.63) is 40.4 Å². The second-order valence-electron chi connectivity index (χ2n) is 5.05. The fraction of sp³-hybridized carbons (Fsp3) is 0.429. The monoisotopic (exact) mass is 336 g/mol. The van der Waals surface area contributed by atoms with Crippen LogP contribution in [0.1, 0.15) is 18.1 Å². The minimum absolute atomic E-state index is 0.313. The van der Waals surface area contributed by atoms with E-state index < -0.39 is 0 Å². The Balaban J connectivity index is 1.64. The standard InChI is InChI=1S/C14H17BrN4O/c1-10(7-19-9-16-8-18-19)17-6-12-5-13(15)4-11-2-3-20-14(11)12/h4-5,8-10,17H,2-3,6-7H2,1H3/t10-/m1/s1. The molecule has 0 saturated heterocycles. The van der Waals surface area contributed by atoms with Crippen LogP contribution in [0.3, 0.4) is 0 Å². The molecule has 0 radical (unpaired) electrons. The lowest BCUT2D eigenvalue weighted by Gasteiger charge is -2.15. The fourth-order valence-electron chi connectivity index (χ4n) is 2.43. The van der Waals surface area contributed by atoms with Gasteiger partial charge in [0.15, 0.2) is 0 Å². The molecule has 0 spiro atoms. The molecule has 1 aromatic carbocycles. The number of aromatic nitrogens is 3. The summed E-state index contributed by atoms with van der Waals surface area (Å²) < 4.78 is 8.68. The minimum atomic E-state index is 0.313. The Morgan fingerprint density at radius 1 is 1.50 bits per heavy atom. The molecule has 1 N–H and O–H groups in total. The van der Waals surface area contributed by atoms with Gasteiger partial charge < -0.3 is 10.1 Å². The van der Waals surface area contributed by atoms with E-state index in [1.807, 2.05) is 4.68 Å². The van der Waals surface area contributed by atoms with Crippen LogP contribution >= 0.6 is 15.9 Å². The normalized spacial score (nSPS) is 14.9. The average Bonchev–Trinajstić information content (AvgIpc) is 3.06. The first-order chi connectivity index (χ1) is 9.72. The molecule has 1 aliphatic heterocycles. The molecule has 1 atom stereocenters. The number of ether oxygens (including phenoxy) is 1. The number of nitrogens with one attached hydrogen (secondary N) is 1. The van der Waals surface area contributed by atoms with Gasteiger partial charge in [-0.1, -0.05) is 15.9 Å². The van der Waals surface area contributed by atoms with Crippen molar-refractivity contribution in [3.63, 3.8) is 0 Å². The van der Waals surface area contributed by atoms with Gasteiger partial charge >= 0.3 is 0 Å². The summed E-state index contributed by atoms with van der Waals surface area (Å²) in [6.07, 6.45) is 4.29. The summed E-state index contributed by atoms with van der Waals surface area (Å²) >= 11 is 3.57. The van der Waals surface area contributed by atoms with Crippen LogP contribution in [0.2, 0.25) is 0 Å². The van der Waals surface area contributed by atoms with Crippen molar-refractivity contribution in [2.75, 3.05) is 6.61 Å². The van der Waals surface area contributed by atoms with Crippen LogP contribution < -0.4 is 10.1 Å². The Morgan fingerprint density at radius 3 is 3.20 bits per heavy atom. The lowest BCUT2D eigenvalue weighted by atomic mass is 10.1. The minimum Gasteiger partial charge on any atom is -0.493 e. The van der Waals surface area contributed by atoms with Crippen molar-refractivity contribution in [1.82, 2.24) is 20.1 Å². The van der Waals surface area contributed by atoms with Crippen LogP contribution in [0.4, 0.5) is 0 Å². The Kier molecular flexibility index (Phi) is 4.03. The van der Waals surface area contributed by atoms with Crippen molar-refractivity contribution < 1.29 is 4.74 Å². The van der Waals surface area contributed by atoms with Gasteiger partial charge in [-0.2, -0.15) is 5.10 Å². The molecule has 1 aromatic heterocycles. The number of hydrogen-bond acceptors (Lipinski definition) is 4. The van der Waals surface area contributed by atoms with Crippen LogP contribution in [0.25, 0.3) is 0 Å². The number of hydrogen-bond donors (Lipinski definition) is 1. The van der Waals surface area contributed by atoms with Crippen molar-refractivity contribution in [3.8, 4) is 5.75 Å². The van der Waals surface area contributed by atoms with E-state index in [1.54, 1.807) is 12.7 Å². The van der Waals surface area contributed by atoms with E-state index >= 15 is 0 Å². The van der Waals surface area contributed by atoms with Gasteiger partial charge in [-0.3, -0.25) is 4.68 Å². The first-order valence-corrected chi connectivity index (χ1v) is 7.51. The number of nitrogens with zero attached hydrogens (tertiary/aromatic N) is 3. The third-order valence-corrected chi connectivity index (χ3v) is 3.85. The first-order valence-electron chi connectivity index (χ1n) is 6.72. The van der Waals surface area contributed by atoms with Gasteiger partial charge in [-0.25, -0.2) is 4.98 Å². The first kappa shape index (κ1) is 13.6. The summed E-state index contributed by atoms with van der Waals surface area (Å²) in [7, 11) is 0. The second-order valence-corrected chi connectivity index (χ2v) is 5.97. The van der Waals surface area contributed by atoms with Gasteiger partial charge in [0.05, 0.1) is 13.2 Å². The molecule has 3 rings (SSSR count). The van der Waals surface area contributed by atoms with Crippen LogP contribution in [-0.2, 0) is 19.5 Å². The molecule has 20 heavy (non-hydrogen) atoms. The van der Waals surface area contributed by atoms with Crippen LogP contribution in [-0.4, -0.2) is 27.4 Å². The molecule has 2 aromatic rings. The quantitative estimate of drug-likeness (QED) is 0.908. The highest BCUT2D eigenvalue weighted by atomic mass is 79.9. The molecule has 0 amide bonds. The van der Waals surface area contributed by atoms with E-state index in [9.17, 15) is 0 Å². The summed E-state index contributed by atoms with van der Waals surface area (Å²) in [6, 6.07) is 4.58. The highest BCUT2D eigenvalue weighted by Gasteiger charge is 2.17. The number of benzene rings is 1. The summed E-state index contributed by atoms with van der Waals surface area (Å²) in [4.78, 5) is 3.95. The number of rotatable bonds is 5. The zero-order chi connectivity index (χ0) is 13.9. The summed E-state index contributed by atoms with van der Waals surface area (Å²) in [5, 5.41) is 7.62. The van der Waals surface area contributed by atoms with Gasteiger partial charge in [0, 0.05) is 29.0 Å². The molecule has 0 fully saturated rings. The maximum atomic E-state index is 5.73. The Morgan fingerprint density at radius 2 is 2.40 bits per heavy atom. The van der Waals surface area contributed by atoms with Crippen LogP contribution in [0.5, 0.6) is 5.75 Å². The Labute approximate surface area is 126 Å². The largest absolute Gasteiger partial charge is 0.493 e. The summed E-state index contributed by atoms with van der Waals surface area (Å²) in [5.74, 6) is 1.05. The average molecular weight is 337 g/mol. The van der Waals surface area contributed by atoms with Crippen molar-refractivity contribution in [1.29, 1.82) is 0 Å². The van der Waals surface area contributed by atoms with E-state index in [-0.39, 0.29) is 0 Å². The maximum Gasteiger partial charge on any atom is 0.137 e. The van der Waals surface area contributed by atoms with E-state index in [4.69, 9.17) is 4.74 Å². The van der Waals surface area contributed by atoms with Crippen molar-refractivity contribution in [2.24, 2.45) is 0 Å². The Hall–Kier alpha value is -1.40. The lowest BCUT2D eigenvalue weighted by molar-refractivity contribution is 0.350. The fourth-order valence-corrected chi connectivity index (χ4v) is 2.99. The van der Waals surface area contributed by atoms with E-state index in [0.717, 1.165) is 36.3 Å². The topological polar surface area (TPSA) is 52.0 Å². The number of fused-ring (bicyclic) bond motifs is 1. The highest BCUT2D eigenvalue weighted by molar-refractivity contribution is 9.10. The molecule has 2 heterocycles. The lowest BCUT2D eigenvalue weighted by Crippen LogP contribution is -2.30. The molecule has 5 nitrogen and oxygen atoms in total. The van der Waals surface area contributed by atoms with Crippen LogP contribution in [0, 0.1) is 0 Å². The maximum absolute atomic E-state index is 5.73. The molecule has 106 valence electrons. The molecule has 0 aliphatic carbocycles. The molecule has 1 aliphatic rings. The van der Waals surface area contributed by atoms with E-state index in [1.165, 1.54) is 11.1 Å². The van der Waals surface area contributed by atoms with Gasteiger partial charge in [0.2, 0.25) is 0 Å². The third kappa shape index (κ3) is 3.02. The molecular weight excluding hydrogens is 320 g/mol. The van der Waals surface area contributed by atoms with E-state index in [0.29, 0.717) is 6.04 Å². The molecule has 6 heteroatoms. The van der Waals surface area contributed by atoms with Crippen molar-refractivity contribution >= 4 is 15.9 Å². The van der Waals surface area contributed by atoms with E-state index in [2.05, 4.69) is 50.4 Å². The zero-order valence-corrected chi connectivity index (χ0v) is 12.9. The molecular formula is C14H17BrN4O. The van der Waals surface area contributed by atoms with Gasteiger partial charge in [-0.15, -0.1) is 0 Å². The smallest absolute Gasteiger partial charge is 0.137 e. The third-order valence-electron chi connectivity index (χ3n) is 3.39. The number of halogens is 1. The second kappa shape index (κ2) is 5.93. The van der Waals surface area contributed by atoms with Gasteiger partial charge in [-0.05, 0) is 24.6 Å². The SMILES string of the molecule is C[C@H](Cn1cncn1)NCc1cc(Br)cc2c1OCC2. The Bertz CT molecular complexity index is 585. The van der Waals surface area contributed by atoms with Gasteiger partial charge in [0.1, 0.15) is 18.4 Å². The predicted molar refractivity (Wildman–Crippen MR) is 79.7 cm³/mol. The van der Waals surface area contributed by atoms with Gasteiger partial charge in [0.25, 0.3) is 0 Å². The highest BCUT2D eigenvalue weighted by Crippen LogP contribution is 2.32.